The number of pyridine rings is 1. The number of methoxy groups -OCH3 is 2. The van der Waals surface area contributed by atoms with E-state index in [1.54, 1.807) is 26.4 Å². The summed E-state index contributed by atoms with van der Waals surface area (Å²) in [6, 6.07) is 30.8. The predicted octanol–water partition coefficient (Wildman–Crippen LogP) is 6.77. The van der Waals surface area contributed by atoms with Crippen LogP contribution in [0.25, 0.3) is 33.3 Å². The van der Waals surface area contributed by atoms with Crippen molar-refractivity contribution in [2.45, 2.75) is 0 Å². The lowest BCUT2D eigenvalue weighted by Gasteiger charge is -2.11. The van der Waals surface area contributed by atoms with E-state index in [9.17, 15) is 4.79 Å². The molecule has 8 heteroatoms. The Morgan fingerprint density at radius 1 is 0.900 bits per heavy atom. The fraction of sp³-hybridized carbons (Fsp3) is 0.0938. The van der Waals surface area contributed by atoms with E-state index in [4.69, 9.17) is 30.8 Å². The number of carbonyl (C=O) groups excluding carboxylic acids is 1. The molecule has 4 aromatic carbocycles. The normalized spacial score (nSPS) is 11.0. The molecule has 1 heterocycles. The fourth-order valence-corrected chi connectivity index (χ4v) is 4.47. The number of halogens is 1. The highest BCUT2D eigenvalue weighted by molar-refractivity contribution is 6.31. The molecule has 0 aliphatic carbocycles. The summed E-state index contributed by atoms with van der Waals surface area (Å²) in [5.41, 5.74) is 7.85. The highest BCUT2D eigenvalue weighted by atomic mass is 35.5. The molecule has 0 aliphatic rings. The highest BCUT2D eigenvalue weighted by Crippen LogP contribution is 2.34. The molecule has 0 spiro atoms. The van der Waals surface area contributed by atoms with Crippen molar-refractivity contribution in [2.75, 3.05) is 20.8 Å². The smallest absolute Gasteiger partial charge is 0.277 e. The van der Waals surface area contributed by atoms with Crippen LogP contribution in [0.3, 0.4) is 0 Å². The van der Waals surface area contributed by atoms with Crippen molar-refractivity contribution in [3.63, 3.8) is 0 Å². The summed E-state index contributed by atoms with van der Waals surface area (Å²) >= 11 is 6.30. The van der Waals surface area contributed by atoms with Crippen LogP contribution < -0.4 is 19.6 Å². The van der Waals surface area contributed by atoms with E-state index in [0.717, 1.165) is 33.3 Å². The van der Waals surface area contributed by atoms with Crippen molar-refractivity contribution in [3.05, 3.63) is 108 Å². The van der Waals surface area contributed by atoms with Gasteiger partial charge in [-0.1, -0.05) is 48.0 Å². The van der Waals surface area contributed by atoms with E-state index in [2.05, 4.69) is 28.7 Å². The van der Waals surface area contributed by atoms with Crippen molar-refractivity contribution in [1.82, 2.24) is 10.4 Å². The number of carbonyl (C=O) groups is 1. The van der Waals surface area contributed by atoms with Gasteiger partial charge < -0.3 is 14.2 Å². The Labute approximate surface area is 237 Å². The zero-order valence-corrected chi connectivity index (χ0v) is 22.7. The first-order chi connectivity index (χ1) is 19.6. The first-order valence-corrected chi connectivity index (χ1v) is 12.9. The number of benzene rings is 4. The first-order valence-electron chi connectivity index (χ1n) is 12.5. The van der Waals surface area contributed by atoms with Crippen LogP contribution in [0.1, 0.15) is 5.56 Å². The molecule has 0 fully saturated rings. The molecule has 1 amide bonds. The van der Waals surface area contributed by atoms with Crippen LogP contribution in [0, 0.1) is 0 Å². The highest BCUT2D eigenvalue weighted by Gasteiger charge is 2.11. The number of fused-ring (bicyclic) bond motifs is 1. The molecule has 0 bridgehead atoms. The largest absolute Gasteiger partial charge is 0.493 e. The molecule has 0 unspecified atom stereocenters. The van der Waals surface area contributed by atoms with Gasteiger partial charge in [-0.2, -0.15) is 5.10 Å². The third-order valence-corrected chi connectivity index (χ3v) is 6.44. The minimum Gasteiger partial charge on any atom is -0.493 e. The Morgan fingerprint density at radius 2 is 1.70 bits per heavy atom. The zero-order valence-electron chi connectivity index (χ0n) is 21.9. The van der Waals surface area contributed by atoms with E-state index >= 15 is 0 Å². The number of hydrazone groups is 1. The molecule has 0 radical (unpaired) electrons. The van der Waals surface area contributed by atoms with E-state index in [0.29, 0.717) is 27.8 Å². The van der Waals surface area contributed by atoms with Gasteiger partial charge in [0.15, 0.2) is 18.1 Å². The molecular weight excluding hydrogens is 526 g/mol. The number of aromatic nitrogens is 1. The summed E-state index contributed by atoms with van der Waals surface area (Å²) in [5.74, 6) is 1.25. The monoisotopic (exact) mass is 551 g/mol. The Hall–Kier alpha value is -4.88. The molecule has 0 aliphatic heterocycles. The molecular formula is C32H26ClN3O4. The molecule has 5 rings (SSSR count). The molecule has 0 saturated heterocycles. The van der Waals surface area contributed by atoms with Gasteiger partial charge in [-0.05, 0) is 71.8 Å². The molecule has 1 aromatic heterocycles. The Bertz CT molecular complexity index is 1670. The predicted molar refractivity (Wildman–Crippen MR) is 158 cm³/mol. The van der Waals surface area contributed by atoms with Gasteiger partial charge in [0.2, 0.25) is 0 Å². The van der Waals surface area contributed by atoms with Gasteiger partial charge in [0.1, 0.15) is 5.75 Å². The second-order valence-corrected chi connectivity index (χ2v) is 9.21. The lowest BCUT2D eigenvalue weighted by atomic mass is 9.98. The average molecular weight is 552 g/mol. The van der Waals surface area contributed by atoms with Gasteiger partial charge >= 0.3 is 0 Å². The fourth-order valence-electron chi connectivity index (χ4n) is 4.29. The second-order valence-electron chi connectivity index (χ2n) is 8.77. The number of nitrogens with zero attached hydrogens (tertiary/aromatic N) is 2. The standard InChI is InChI=1S/C32H26ClN3O4/c1-38-30-10-6-9-23(32(30)39-2)19-34-36-31(37)20-40-25-14-11-22(12-15-25)29-18-26(21-7-4-3-5-8-21)27-17-24(33)13-16-28(27)35-29/h3-19H,20H2,1-2H3,(H,36,37)/b34-19-. The van der Waals surface area contributed by atoms with Gasteiger partial charge in [0, 0.05) is 21.5 Å². The lowest BCUT2D eigenvalue weighted by Crippen LogP contribution is -2.24. The van der Waals surface area contributed by atoms with Crippen LogP contribution >= 0.6 is 11.6 Å². The maximum absolute atomic E-state index is 12.3. The van der Waals surface area contributed by atoms with Crippen molar-refractivity contribution in [3.8, 4) is 39.6 Å². The summed E-state index contributed by atoms with van der Waals surface area (Å²) in [4.78, 5) is 17.1. The van der Waals surface area contributed by atoms with Gasteiger partial charge in [-0.3, -0.25) is 4.79 Å². The van der Waals surface area contributed by atoms with Crippen LogP contribution in [0.15, 0.2) is 102 Å². The molecule has 200 valence electrons. The average Bonchev–Trinajstić information content (AvgIpc) is 3.00. The van der Waals surface area contributed by atoms with Crippen molar-refractivity contribution >= 4 is 34.6 Å². The topological polar surface area (TPSA) is 82.0 Å². The number of nitrogens with one attached hydrogen (secondary N) is 1. The third-order valence-electron chi connectivity index (χ3n) is 6.20. The van der Waals surface area contributed by atoms with Crippen LogP contribution in [0.4, 0.5) is 0 Å². The quantitative estimate of drug-likeness (QED) is 0.161. The van der Waals surface area contributed by atoms with E-state index in [1.807, 2.05) is 66.7 Å². The SMILES string of the molecule is COc1cccc(/C=N\NC(=O)COc2ccc(-c3cc(-c4ccccc4)c4cc(Cl)ccc4n3)cc2)c1OC. The first kappa shape index (κ1) is 26.7. The van der Waals surface area contributed by atoms with Crippen LogP contribution in [0.5, 0.6) is 17.2 Å². The van der Waals surface area contributed by atoms with Gasteiger partial charge in [0.25, 0.3) is 5.91 Å². The molecule has 7 nitrogen and oxygen atoms in total. The minimum atomic E-state index is -0.399. The lowest BCUT2D eigenvalue weighted by molar-refractivity contribution is -0.123. The molecule has 1 N–H and O–H groups in total. The maximum Gasteiger partial charge on any atom is 0.277 e. The molecule has 5 aromatic rings. The summed E-state index contributed by atoms with van der Waals surface area (Å²) in [5, 5.41) is 5.65. The Morgan fingerprint density at radius 3 is 2.45 bits per heavy atom. The van der Waals surface area contributed by atoms with Gasteiger partial charge in [-0.15, -0.1) is 0 Å². The van der Waals surface area contributed by atoms with E-state index in [-0.39, 0.29) is 6.61 Å². The Kier molecular flexibility index (Phi) is 8.23. The van der Waals surface area contributed by atoms with E-state index in [1.165, 1.54) is 6.21 Å². The zero-order chi connectivity index (χ0) is 27.9. The van der Waals surface area contributed by atoms with Crippen molar-refractivity contribution in [2.24, 2.45) is 5.10 Å². The molecule has 0 saturated carbocycles. The maximum atomic E-state index is 12.3. The van der Waals surface area contributed by atoms with E-state index < -0.39 is 5.91 Å². The third kappa shape index (κ3) is 6.06. The summed E-state index contributed by atoms with van der Waals surface area (Å²) in [6.45, 7) is -0.195. The number of hydrogen-bond donors (Lipinski definition) is 1. The summed E-state index contributed by atoms with van der Waals surface area (Å²) in [7, 11) is 3.10. The molecule has 40 heavy (non-hydrogen) atoms. The number of rotatable bonds is 9. The summed E-state index contributed by atoms with van der Waals surface area (Å²) < 4.78 is 16.3. The van der Waals surface area contributed by atoms with Crippen molar-refractivity contribution < 1.29 is 19.0 Å². The van der Waals surface area contributed by atoms with Crippen LogP contribution in [-0.4, -0.2) is 37.9 Å². The summed E-state index contributed by atoms with van der Waals surface area (Å²) in [6.07, 6.45) is 1.49. The minimum absolute atomic E-state index is 0.195. The number of para-hydroxylation sites is 1. The van der Waals surface area contributed by atoms with Gasteiger partial charge in [-0.25, -0.2) is 10.4 Å². The Balaban J connectivity index is 1.27. The van der Waals surface area contributed by atoms with Crippen LogP contribution in [-0.2, 0) is 4.79 Å². The van der Waals surface area contributed by atoms with Crippen molar-refractivity contribution in [1.29, 1.82) is 0 Å². The number of amides is 1. The van der Waals surface area contributed by atoms with Crippen LogP contribution in [0.2, 0.25) is 5.02 Å². The second kappa shape index (κ2) is 12.3. The molecule has 0 atom stereocenters. The number of hydrogen-bond acceptors (Lipinski definition) is 6. The van der Waals surface area contributed by atoms with Gasteiger partial charge in [0.05, 0.1) is 31.6 Å². The number of ether oxygens (including phenoxy) is 3.